The van der Waals surface area contributed by atoms with E-state index in [-0.39, 0.29) is 11.8 Å². The lowest BCUT2D eigenvalue weighted by Crippen LogP contribution is -2.27. The summed E-state index contributed by atoms with van der Waals surface area (Å²) < 4.78 is 2.12. The Balaban J connectivity index is 1.52. The summed E-state index contributed by atoms with van der Waals surface area (Å²) in [4.78, 5) is 14.8. The summed E-state index contributed by atoms with van der Waals surface area (Å²) in [5.41, 5.74) is 3.42. The zero-order valence-corrected chi connectivity index (χ0v) is 16.8. The van der Waals surface area contributed by atoms with Crippen LogP contribution in [-0.2, 0) is 24.4 Å². The number of aromatic nitrogens is 2. The van der Waals surface area contributed by atoms with Crippen molar-refractivity contribution in [3.63, 3.8) is 0 Å². The number of hydrogen-bond acceptors (Lipinski definition) is 3. The predicted molar refractivity (Wildman–Crippen MR) is 108 cm³/mol. The number of carbonyl (C=O) groups is 1. The average molecular weight is 369 g/mol. The van der Waals surface area contributed by atoms with E-state index in [1.807, 2.05) is 18.2 Å². The Morgan fingerprint density at radius 2 is 1.96 bits per heavy atom. The Kier molecular flexibility index (Phi) is 6.67. The molecule has 1 aromatic heterocycles. The first kappa shape index (κ1) is 19.6. The Morgan fingerprint density at radius 3 is 2.70 bits per heavy atom. The van der Waals surface area contributed by atoms with Gasteiger partial charge in [-0.2, -0.15) is 5.10 Å². The fourth-order valence-electron chi connectivity index (χ4n) is 3.79. The van der Waals surface area contributed by atoms with Gasteiger partial charge in [-0.05, 0) is 29.9 Å². The van der Waals surface area contributed by atoms with Crippen molar-refractivity contribution in [2.45, 2.75) is 59.2 Å². The van der Waals surface area contributed by atoms with Gasteiger partial charge in [-0.1, -0.05) is 51.1 Å². The van der Waals surface area contributed by atoms with Crippen molar-refractivity contribution in [3.05, 3.63) is 53.3 Å². The molecule has 2 aromatic rings. The first-order chi connectivity index (χ1) is 13.0. The normalized spacial score (nSPS) is 16.0. The lowest BCUT2D eigenvalue weighted by Gasteiger charge is -2.21. The SMILES string of the molecule is CC(C)CN1CCCn2nc(CNC(=O)CC(C)c3ccccc3)cc2C1. The summed E-state index contributed by atoms with van der Waals surface area (Å²) in [5.74, 6) is 0.968. The topological polar surface area (TPSA) is 50.2 Å². The van der Waals surface area contributed by atoms with E-state index in [2.05, 4.69) is 53.9 Å². The van der Waals surface area contributed by atoms with Gasteiger partial charge in [0.15, 0.2) is 0 Å². The summed E-state index contributed by atoms with van der Waals surface area (Å²) in [5, 5.41) is 7.75. The summed E-state index contributed by atoms with van der Waals surface area (Å²) in [6.07, 6.45) is 1.63. The van der Waals surface area contributed by atoms with E-state index in [1.165, 1.54) is 11.3 Å². The fourth-order valence-corrected chi connectivity index (χ4v) is 3.79. The van der Waals surface area contributed by atoms with Crippen LogP contribution in [0.4, 0.5) is 0 Å². The van der Waals surface area contributed by atoms with E-state index in [0.717, 1.165) is 38.3 Å². The number of benzene rings is 1. The Labute approximate surface area is 162 Å². The molecule has 1 N–H and O–H groups in total. The highest BCUT2D eigenvalue weighted by molar-refractivity contribution is 5.76. The number of carbonyl (C=O) groups excluding carboxylic acids is 1. The molecule has 1 atom stereocenters. The fraction of sp³-hybridized carbons (Fsp3) is 0.545. The van der Waals surface area contributed by atoms with Gasteiger partial charge in [-0.25, -0.2) is 0 Å². The van der Waals surface area contributed by atoms with Gasteiger partial charge in [0.25, 0.3) is 0 Å². The molecular weight excluding hydrogens is 336 g/mol. The van der Waals surface area contributed by atoms with E-state index < -0.39 is 0 Å². The first-order valence-corrected chi connectivity index (χ1v) is 10.1. The van der Waals surface area contributed by atoms with E-state index in [9.17, 15) is 4.79 Å². The van der Waals surface area contributed by atoms with E-state index in [0.29, 0.717) is 18.9 Å². The van der Waals surface area contributed by atoms with Gasteiger partial charge in [0.2, 0.25) is 5.91 Å². The number of nitrogens with zero attached hydrogens (tertiary/aromatic N) is 3. The third kappa shape index (κ3) is 5.67. The summed E-state index contributed by atoms with van der Waals surface area (Å²) in [6.45, 7) is 11.3. The molecule has 2 heterocycles. The van der Waals surface area contributed by atoms with Crippen molar-refractivity contribution < 1.29 is 4.79 Å². The second kappa shape index (κ2) is 9.18. The maximum absolute atomic E-state index is 12.3. The highest BCUT2D eigenvalue weighted by Gasteiger charge is 2.18. The third-order valence-electron chi connectivity index (χ3n) is 5.09. The molecule has 1 amide bonds. The molecule has 5 nitrogen and oxygen atoms in total. The van der Waals surface area contributed by atoms with E-state index in [4.69, 9.17) is 5.10 Å². The molecule has 0 spiro atoms. The maximum Gasteiger partial charge on any atom is 0.220 e. The minimum Gasteiger partial charge on any atom is -0.350 e. The van der Waals surface area contributed by atoms with Crippen LogP contribution in [0.3, 0.4) is 0 Å². The summed E-state index contributed by atoms with van der Waals surface area (Å²) >= 11 is 0. The third-order valence-corrected chi connectivity index (χ3v) is 5.09. The zero-order valence-electron chi connectivity index (χ0n) is 16.8. The van der Waals surface area contributed by atoms with Crippen molar-refractivity contribution in [2.24, 2.45) is 5.92 Å². The number of rotatable bonds is 7. The molecule has 1 aromatic carbocycles. The average Bonchev–Trinajstić information content (AvgIpc) is 2.92. The van der Waals surface area contributed by atoms with Gasteiger partial charge >= 0.3 is 0 Å². The van der Waals surface area contributed by atoms with Crippen LogP contribution in [0.5, 0.6) is 0 Å². The predicted octanol–water partition coefficient (Wildman–Crippen LogP) is 3.55. The molecule has 0 aliphatic carbocycles. The zero-order chi connectivity index (χ0) is 19.2. The second-order valence-corrected chi connectivity index (χ2v) is 8.13. The molecule has 0 fully saturated rings. The number of fused-ring (bicyclic) bond motifs is 1. The molecule has 27 heavy (non-hydrogen) atoms. The van der Waals surface area contributed by atoms with Crippen molar-refractivity contribution in [1.29, 1.82) is 0 Å². The highest BCUT2D eigenvalue weighted by atomic mass is 16.1. The van der Waals surface area contributed by atoms with Crippen LogP contribution in [0.2, 0.25) is 0 Å². The number of nitrogens with one attached hydrogen (secondary N) is 1. The number of amides is 1. The highest BCUT2D eigenvalue weighted by Crippen LogP contribution is 2.18. The monoisotopic (exact) mass is 368 g/mol. The molecule has 3 rings (SSSR count). The van der Waals surface area contributed by atoms with Crippen LogP contribution in [0, 0.1) is 5.92 Å². The van der Waals surface area contributed by atoms with Crippen molar-refractivity contribution in [3.8, 4) is 0 Å². The van der Waals surface area contributed by atoms with Crippen LogP contribution in [0.1, 0.15) is 56.5 Å². The van der Waals surface area contributed by atoms with Gasteiger partial charge in [-0.15, -0.1) is 0 Å². The van der Waals surface area contributed by atoms with Crippen LogP contribution >= 0.6 is 0 Å². The van der Waals surface area contributed by atoms with Gasteiger partial charge in [-0.3, -0.25) is 14.4 Å². The maximum atomic E-state index is 12.3. The minimum atomic E-state index is 0.0796. The number of aryl methyl sites for hydroxylation is 1. The van der Waals surface area contributed by atoms with Crippen LogP contribution in [0.15, 0.2) is 36.4 Å². The quantitative estimate of drug-likeness (QED) is 0.813. The van der Waals surface area contributed by atoms with E-state index in [1.54, 1.807) is 0 Å². The number of hydrogen-bond donors (Lipinski definition) is 1. The van der Waals surface area contributed by atoms with Gasteiger partial charge in [0.05, 0.1) is 17.9 Å². The van der Waals surface area contributed by atoms with Crippen LogP contribution < -0.4 is 5.32 Å². The molecule has 1 aliphatic rings. The minimum absolute atomic E-state index is 0.0796. The van der Waals surface area contributed by atoms with Gasteiger partial charge in [0.1, 0.15) is 0 Å². The molecule has 0 saturated carbocycles. The van der Waals surface area contributed by atoms with E-state index >= 15 is 0 Å². The molecule has 0 radical (unpaired) electrons. The van der Waals surface area contributed by atoms with Crippen molar-refractivity contribution in [1.82, 2.24) is 20.0 Å². The molecule has 0 saturated heterocycles. The lowest BCUT2D eigenvalue weighted by molar-refractivity contribution is -0.121. The molecule has 5 heteroatoms. The Morgan fingerprint density at radius 1 is 1.19 bits per heavy atom. The second-order valence-electron chi connectivity index (χ2n) is 8.13. The molecule has 1 unspecified atom stereocenters. The van der Waals surface area contributed by atoms with Gasteiger partial charge < -0.3 is 5.32 Å². The molecule has 0 bridgehead atoms. The smallest absolute Gasteiger partial charge is 0.220 e. The Hall–Kier alpha value is -2.14. The standard InChI is InChI=1S/C22H32N4O/c1-17(2)15-25-10-7-11-26-21(16-25)13-20(24-26)14-23-22(27)12-18(3)19-8-5-4-6-9-19/h4-6,8-9,13,17-18H,7,10-12,14-16H2,1-3H3,(H,23,27). The summed E-state index contributed by atoms with van der Waals surface area (Å²) in [7, 11) is 0. The first-order valence-electron chi connectivity index (χ1n) is 10.1. The molecular formula is C22H32N4O. The largest absolute Gasteiger partial charge is 0.350 e. The van der Waals surface area contributed by atoms with Crippen molar-refractivity contribution in [2.75, 3.05) is 13.1 Å². The lowest BCUT2D eigenvalue weighted by atomic mass is 9.97. The Bertz CT molecular complexity index is 738. The van der Waals surface area contributed by atoms with Crippen LogP contribution in [0.25, 0.3) is 0 Å². The van der Waals surface area contributed by atoms with Crippen LogP contribution in [-0.4, -0.2) is 33.7 Å². The summed E-state index contributed by atoms with van der Waals surface area (Å²) in [6, 6.07) is 12.3. The molecule has 146 valence electrons. The van der Waals surface area contributed by atoms with Gasteiger partial charge in [0, 0.05) is 32.6 Å². The molecule has 1 aliphatic heterocycles. The van der Waals surface area contributed by atoms with Crippen molar-refractivity contribution >= 4 is 5.91 Å².